The minimum Gasteiger partial charge on any atom is -0.356 e. The van der Waals surface area contributed by atoms with Gasteiger partial charge in [-0.2, -0.15) is 5.48 Å². The molecule has 2 aliphatic rings. The fourth-order valence-corrected chi connectivity index (χ4v) is 3.91. The van der Waals surface area contributed by atoms with Gasteiger partial charge in [0.2, 0.25) is 11.8 Å². The van der Waals surface area contributed by atoms with Crippen molar-refractivity contribution >= 4 is 29.5 Å². The first-order valence-electron chi connectivity index (χ1n) is 10.2. The third kappa shape index (κ3) is 5.20. The monoisotopic (exact) mass is 442 g/mol. The van der Waals surface area contributed by atoms with Crippen LogP contribution in [-0.2, 0) is 28.8 Å². The normalized spacial score (nSPS) is 23.3. The second kappa shape index (κ2) is 9.71. The summed E-state index contributed by atoms with van der Waals surface area (Å²) in [6, 6.07) is -2.60. The number of Topliss-reactive ketones (excluding diaryl/α,β-unsaturated/α-hetero) is 1. The number of rotatable bonds is 6. The van der Waals surface area contributed by atoms with Crippen LogP contribution >= 0.6 is 0 Å². The molecule has 4 atom stereocenters. The number of likely N-dealkylation sites (tertiary alicyclic amines) is 2. The SMILES string of the molecule is CC(=O)N1CCCC1C(=O)C(C)C(O)(O)C(=O)ONC(=O)C1CCCN1C(=O)C(C)N. The molecule has 174 valence electrons. The maximum atomic E-state index is 12.7. The Hall–Kier alpha value is -2.57. The second-order valence-corrected chi connectivity index (χ2v) is 8.05. The van der Waals surface area contributed by atoms with Crippen molar-refractivity contribution in [2.45, 2.75) is 70.4 Å². The molecule has 0 aromatic rings. The number of hydroxylamine groups is 1. The van der Waals surface area contributed by atoms with Crippen molar-refractivity contribution in [2.24, 2.45) is 11.7 Å². The van der Waals surface area contributed by atoms with Crippen molar-refractivity contribution in [3.63, 3.8) is 0 Å². The van der Waals surface area contributed by atoms with Gasteiger partial charge in [0.1, 0.15) is 6.04 Å². The largest absolute Gasteiger partial charge is 0.391 e. The van der Waals surface area contributed by atoms with Gasteiger partial charge in [0, 0.05) is 20.0 Å². The van der Waals surface area contributed by atoms with Crippen LogP contribution in [0.25, 0.3) is 0 Å². The molecule has 0 aromatic heterocycles. The van der Waals surface area contributed by atoms with Gasteiger partial charge in [-0.3, -0.25) is 19.2 Å². The van der Waals surface area contributed by atoms with Gasteiger partial charge in [0.15, 0.2) is 5.78 Å². The molecule has 0 spiro atoms. The fourth-order valence-electron chi connectivity index (χ4n) is 3.91. The summed E-state index contributed by atoms with van der Waals surface area (Å²) in [5.41, 5.74) is 7.39. The average molecular weight is 442 g/mol. The molecule has 31 heavy (non-hydrogen) atoms. The number of carbonyl (C=O) groups is 5. The Labute approximate surface area is 179 Å². The van der Waals surface area contributed by atoms with Gasteiger partial charge in [-0.05, 0) is 39.5 Å². The summed E-state index contributed by atoms with van der Waals surface area (Å²) in [6.07, 6.45) is 1.79. The molecule has 5 N–H and O–H groups in total. The fraction of sp³-hybridized carbons (Fsp3) is 0.737. The van der Waals surface area contributed by atoms with Gasteiger partial charge < -0.3 is 30.6 Å². The molecule has 2 fully saturated rings. The number of hydrogen-bond acceptors (Lipinski definition) is 9. The quantitative estimate of drug-likeness (QED) is 0.262. The summed E-state index contributed by atoms with van der Waals surface area (Å²) in [7, 11) is 0. The van der Waals surface area contributed by atoms with Crippen molar-refractivity contribution < 1.29 is 39.0 Å². The summed E-state index contributed by atoms with van der Waals surface area (Å²) in [4.78, 5) is 68.1. The number of nitrogens with two attached hydrogens (primary N) is 1. The minimum atomic E-state index is -3.23. The van der Waals surface area contributed by atoms with Crippen molar-refractivity contribution in [3.8, 4) is 0 Å². The average Bonchev–Trinajstić information content (AvgIpc) is 3.39. The molecule has 0 aliphatic carbocycles. The summed E-state index contributed by atoms with van der Waals surface area (Å²) < 4.78 is 0. The highest BCUT2D eigenvalue weighted by molar-refractivity contribution is 5.95. The van der Waals surface area contributed by atoms with Crippen molar-refractivity contribution in [1.82, 2.24) is 15.3 Å². The summed E-state index contributed by atoms with van der Waals surface area (Å²) in [5.74, 6) is -8.80. The second-order valence-electron chi connectivity index (χ2n) is 8.05. The Balaban J connectivity index is 1.98. The number of carbonyl (C=O) groups excluding carboxylic acids is 5. The molecule has 3 amide bonds. The summed E-state index contributed by atoms with van der Waals surface area (Å²) in [5, 5.41) is 20.4. The van der Waals surface area contributed by atoms with Crippen LogP contribution in [0.5, 0.6) is 0 Å². The van der Waals surface area contributed by atoms with E-state index in [-0.39, 0.29) is 5.91 Å². The molecular formula is C19H30N4O8. The Kier molecular flexibility index (Phi) is 7.73. The molecule has 0 radical (unpaired) electrons. The van der Waals surface area contributed by atoms with Crippen molar-refractivity contribution in [1.29, 1.82) is 0 Å². The van der Waals surface area contributed by atoms with Crippen LogP contribution < -0.4 is 11.2 Å². The smallest absolute Gasteiger partial charge is 0.356 e. The maximum absolute atomic E-state index is 12.7. The Morgan fingerprint density at radius 3 is 2.13 bits per heavy atom. The third-order valence-electron chi connectivity index (χ3n) is 5.79. The van der Waals surface area contributed by atoms with Crippen LogP contribution in [0.15, 0.2) is 0 Å². The van der Waals surface area contributed by atoms with Crippen LogP contribution in [0.3, 0.4) is 0 Å². The van der Waals surface area contributed by atoms with Gasteiger partial charge in [-0.25, -0.2) is 4.79 Å². The van der Waals surface area contributed by atoms with E-state index in [0.29, 0.717) is 38.8 Å². The minimum absolute atomic E-state index is 0.315. The lowest BCUT2D eigenvalue weighted by atomic mass is 9.90. The van der Waals surface area contributed by atoms with Gasteiger partial charge in [-0.1, -0.05) is 0 Å². The van der Waals surface area contributed by atoms with Crippen LogP contribution in [-0.4, -0.2) is 86.5 Å². The molecule has 12 nitrogen and oxygen atoms in total. The van der Waals surface area contributed by atoms with E-state index in [4.69, 9.17) is 5.73 Å². The van der Waals surface area contributed by atoms with Gasteiger partial charge >= 0.3 is 5.97 Å². The molecule has 2 rings (SSSR count). The van der Waals surface area contributed by atoms with Gasteiger partial charge in [0.25, 0.3) is 11.7 Å². The van der Waals surface area contributed by atoms with E-state index in [2.05, 4.69) is 4.84 Å². The maximum Gasteiger partial charge on any atom is 0.391 e. The number of nitrogens with zero attached hydrogens (tertiary/aromatic N) is 2. The van der Waals surface area contributed by atoms with Gasteiger partial charge in [0.05, 0.1) is 18.0 Å². The van der Waals surface area contributed by atoms with Crippen LogP contribution in [0.2, 0.25) is 0 Å². The molecule has 4 unspecified atom stereocenters. The van der Waals surface area contributed by atoms with Crippen LogP contribution in [0, 0.1) is 5.92 Å². The van der Waals surface area contributed by atoms with Crippen molar-refractivity contribution in [3.05, 3.63) is 0 Å². The highest BCUT2D eigenvalue weighted by Gasteiger charge is 2.49. The number of nitrogens with one attached hydrogen (secondary N) is 1. The third-order valence-corrected chi connectivity index (χ3v) is 5.79. The van der Waals surface area contributed by atoms with Crippen LogP contribution in [0.1, 0.15) is 46.5 Å². The first-order chi connectivity index (χ1) is 14.4. The van der Waals surface area contributed by atoms with E-state index >= 15 is 0 Å². The zero-order valence-corrected chi connectivity index (χ0v) is 17.9. The highest BCUT2D eigenvalue weighted by Crippen LogP contribution is 2.26. The molecular weight excluding hydrogens is 412 g/mol. The van der Waals surface area contributed by atoms with Crippen LogP contribution in [0.4, 0.5) is 0 Å². The van der Waals surface area contributed by atoms with E-state index in [1.54, 1.807) is 0 Å². The lowest BCUT2D eigenvalue weighted by Gasteiger charge is -2.30. The first-order valence-corrected chi connectivity index (χ1v) is 10.2. The lowest BCUT2D eigenvalue weighted by molar-refractivity contribution is -0.231. The topological polar surface area (TPSA) is 180 Å². The first kappa shape index (κ1) is 24.7. The number of hydrogen-bond donors (Lipinski definition) is 4. The Morgan fingerprint density at radius 2 is 1.58 bits per heavy atom. The van der Waals surface area contributed by atoms with Crippen molar-refractivity contribution in [2.75, 3.05) is 13.1 Å². The molecule has 2 saturated heterocycles. The molecule has 2 heterocycles. The summed E-state index contributed by atoms with van der Waals surface area (Å²) in [6.45, 7) is 4.59. The Morgan fingerprint density at radius 1 is 1.03 bits per heavy atom. The van der Waals surface area contributed by atoms with E-state index in [0.717, 1.165) is 6.92 Å². The predicted molar refractivity (Wildman–Crippen MR) is 104 cm³/mol. The number of aliphatic hydroxyl groups is 2. The van der Waals surface area contributed by atoms with E-state index in [1.165, 1.54) is 23.6 Å². The number of ketones is 1. The Bertz CT molecular complexity index is 753. The van der Waals surface area contributed by atoms with E-state index in [9.17, 15) is 34.2 Å². The summed E-state index contributed by atoms with van der Waals surface area (Å²) >= 11 is 0. The lowest BCUT2D eigenvalue weighted by Crippen LogP contribution is -2.55. The molecule has 0 aromatic carbocycles. The van der Waals surface area contributed by atoms with Gasteiger partial charge in [-0.15, -0.1) is 0 Å². The predicted octanol–water partition coefficient (Wildman–Crippen LogP) is -2.20. The molecule has 0 bridgehead atoms. The van der Waals surface area contributed by atoms with E-state index in [1.807, 2.05) is 5.48 Å². The highest BCUT2D eigenvalue weighted by atomic mass is 16.7. The molecule has 0 saturated carbocycles. The number of amides is 3. The zero-order chi connectivity index (χ0) is 23.5. The standard InChI is InChI=1S/C19H30N4O8/c1-10(15(25)13-6-4-8-22(13)12(3)24)19(29,30)18(28)31-21-16(26)14-7-5-9-23(14)17(27)11(2)20/h10-11,13-14,29-30H,4-9,20H2,1-3H3,(H,21,26). The van der Waals surface area contributed by atoms with E-state index < -0.39 is 53.4 Å². The molecule has 2 aliphatic heterocycles. The molecule has 12 heteroatoms. The zero-order valence-electron chi connectivity index (χ0n) is 17.9.